The van der Waals surface area contributed by atoms with E-state index in [2.05, 4.69) is 17.4 Å². The van der Waals surface area contributed by atoms with Gasteiger partial charge in [0.2, 0.25) is 0 Å². The molecule has 2 aromatic rings. The van der Waals surface area contributed by atoms with Crippen LogP contribution in [0.5, 0.6) is 5.75 Å². The smallest absolute Gasteiger partial charge is 0.260 e. The Balaban J connectivity index is 1.53. The molecular formula is C23H28N2O4. The highest BCUT2D eigenvalue weighted by Gasteiger charge is 2.19. The second kappa shape index (κ2) is 10.6. The average molecular weight is 396 g/mol. The summed E-state index contributed by atoms with van der Waals surface area (Å²) in [5.41, 5.74) is 1.69. The Bertz CT molecular complexity index is 804. The number of amides is 2. The van der Waals surface area contributed by atoms with Gasteiger partial charge in [0.25, 0.3) is 11.8 Å². The number of aryl methyl sites for hydroxylation is 1. The highest BCUT2D eigenvalue weighted by atomic mass is 16.5. The molecular weight excluding hydrogens is 368 g/mol. The molecule has 1 saturated heterocycles. The summed E-state index contributed by atoms with van der Waals surface area (Å²) in [4.78, 5) is 26.7. The van der Waals surface area contributed by atoms with Crippen LogP contribution in [0, 0.1) is 0 Å². The number of nitrogens with one attached hydrogen (secondary N) is 1. The van der Waals surface area contributed by atoms with Crippen LogP contribution in [0.4, 0.5) is 0 Å². The quantitative estimate of drug-likeness (QED) is 0.745. The molecule has 0 aliphatic carbocycles. The molecule has 0 saturated carbocycles. The molecule has 154 valence electrons. The zero-order valence-electron chi connectivity index (χ0n) is 16.8. The van der Waals surface area contributed by atoms with Crippen molar-refractivity contribution in [2.45, 2.75) is 25.8 Å². The fraction of sp³-hybridized carbons (Fsp3) is 0.391. The molecule has 2 aromatic carbocycles. The highest BCUT2D eigenvalue weighted by molar-refractivity contribution is 5.97. The molecule has 1 aliphatic heterocycles. The van der Waals surface area contributed by atoms with Crippen LogP contribution in [-0.4, -0.2) is 55.7 Å². The normalized spacial score (nSPS) is 14.9. The van der Waals surface area contributed by atoms with Crippen LogP contribution in [0.15, 0.2) is 54.6 Å². The molecule has 0 bridgehead atoms. The van der Waals surface area contributed by atoms with Gasteiger partial charge in [0.05, 0.1) is 18.8 Å². The van der Waals surface area contributed by atoms with Gasteiger partial charge >= 0.3 is 0 Å². The van der Waals surface area contributed by atoms with Crippen molar-refractivity contribution in [1.82, 2.24) is 10.2 Å². The second-order valence-electron chi connectivity index (χ2n) is 7.18. The average Bonchev–Trinajstić information content (AvgIpc) is 2.77. The van der Waals surface area contributed by atoms with E-state index in [9.17, 15) is 9.59 Å². The molecule has 29 heavy (non-hydrogen) atoms. The van der Waals surface area contributed by atoms with Gasteiger partial charge in [-0.05, 0) is 37.5 Å². The third-order valence-electron chi connectivity index (χ3n) is 4.93. The summed E-state index contributed by atoms with van der Waals surface area (Å²) in [5.74, 6) is 0.126. The molecule has 6 nitrogen and oxygen atoms in total. The molecule has 2 amide bonds. The first-order valence-electron chi connectivity index (χ1n) is 10.1. The van der Waals surface area contributed by atoms with Crippen molar-refractivity contribution in [2.75, 3.05) is 32.9 Å². The predicted octanol–water partition coefficient (Wildman–Crippen LogP) is 2.68. The standard InChI is InChI=1S/C23H28N2O4/c1-18(11-12-19-7-3-2-4-8-19)24-23(27)20-9-5-6-10-21(20)29-17-22(26)25-13-15-28-16-14-25/h2-10,18H,11-17H2,1H3,(H,24,27)/t18-/m1/s1. The molecule has 1 atom stereocenters. The van der Waals surface area contributed by atoms with E-state index in [1.807, 2.05) is 25.1 Å². The third-order valence-corrected chi connectivity index (χ3v) is 4.93. The molecule has 0 radical (unpaired) electrons. The van der Waals surface area contributed by atoms with E-state index in [0.29, 0.717) is 37.6 Å². The van der Waals surface area contributed by atoms with E-state index in [1.54, 1.807) is 29.2 Å². The number of carbonyl (C=O) groups is 2. The van der Waals surface area contributed by atoms with Gasteiger partial charge in [0.1, 0.15) is 5.75 Å². The van der Waals surface area contributed by atoms with E-state index in [0.717, 1.165) is 12.8 Å². The van der Waals surface area contributed by atoms with Gasteiger partial charge in [0.15, 0.2) is 6.61 Å². The zero-order valence-corrected chi connectivity index (χ0v) is 16.8. The van der Waals surface area contributed by atoms with Crippen LogP contribution < -0.4 is 10.1 Å². The Hall–Kier alpha value is -2.86. The number of nitrogens with zero attached hydrogens (tertiary/aromatic N) is 1. The van der Waals surface area contributed by atoms with Gasteiger partial charge in [-0.3, -0.25) is 9.59 Å². The fourth-order valence-corrected chi connectivity index (χ4v) is 3.23. The third kappa shape index (κ3) is 6.32. The maximum absolute atomic E-state index is 12.7. The number of carbonyl (C=O) groups excluding carboxylic acids is 2. The van der Waals surface area contributed by atoms with Crippen molar-refractivity contribution in [2.24, 2.45) is 0 Å². The maximum Gasteiger partial charge on any atom is 0.260 e. The van der Waals surface area contributed by atoms with Crippen LogP contribution in [0.2, 0.25) is 0 Å². The Labute approximate surface area is 171 Å². The van der Waals surface area contributed by atoms with Crippen LogP contribution in [0.3, 0.4) is 0 Å². The van der Waals surface area contributed by atoms with E-state index in [4.69, 9.17) is 9.47 Å². The zero-order chi connectivity index (χ0) is 20.5. The highest BCUT2D eigenvalue weighted by Crippen LogP contribution is 2.18. The number of hydrogen-bond donors (Lipinski definition) is 1. The van der Waals surface area contributed by atoms with Crippen molar-refractivity contribution in [3.63, 3.8) is 0 Å². The first-order valence-corrected chi connectivity index (χ1v) is 10.1. The van der Waals surface area contributed by atoms with Crippen LogP contribution in [-0.2, 0) is 16.0 Å². The van der Waals surface area contributed by atoms with Gasteiger partial charge in [-0.25, -0.2) is 0 Å². The SMILES string of the molecule is C[C@H](CCc1ccccc1)NC(=O)c1ccccc1OCC(=O)N1CCOCC1. The lowest BCUT2D eigenvalue weighted by Crippen LogP contribution is -2.43. The van der Waals surface area contributed by atoms with Gasteiger partial charge < -0.3 is 19.7 Å². The lowest BCUT2D eigenvalue weighted by atomic mass is 10.1. The molecule has 0 unspecified atom stereocenters. The summed E-state index contributed by atoms with van der Waals surface area (Å²) < 4.78 is 11.0. The topological polar surface area (TPSA) is 67.9 Å². The van der Waals surface area contributed by atoms with Crippen molar-refractivity contribution in [3.05, 3.63) is 65.7 Å². The first-order chi connectivity index (χ1) is 14.1. The fourth-order valence-electron chi connectivity index (χ4n) is 3.23. The minimum absolute atomic E-state index is 0.0192. The summed E-state index contributed by atoms with van der Waals surface area (Å²) in [6.45, 7) is 4.14. The Kier molecular flexibility index (Phi) is 7.64. The summed E-state index contributed by atoms with van der Waals surface area (Å²) in [5, 5.41) is 3.03. The van der Waals surface area contributed by atoms with Gasteiger partial charge in [-0.2, -0.15) is 0 Å². The Morgan fingerprint density at radius 1 is 1.07 bits per heavy atom. The van der Waals surface area contributed by atoms with Crippen LogP contribution in [0.1, 0.15) is 29.3 Å². The Morgan fingerprint density at radius 3 is 2.52 bits per heavy atom. The molecule has 1 fully saturated rings. The molecule has 0 aromatic heterocycles. The van der Waals surface area contributed by atoms with Crippen molar-refractivity contribution < 1.29 is 19.1 Å². The molecule has 6 heteroatoms. The molecule has 1 N–H and O–H groups in total. The van der Waals surface area contributed by atoms with Crippen molar-refractivity contribution in [3.8, 4) is 5.75 Å². The lowest BCUT2D eigenvalue weighted by molar-refractivity contribution is -0.137. The summed E-state index contributed by atoms with van der Waals surface area (Å²) >= 11 is 0. The number of hydrogen-bond acceptors (Lipinski definition) is 4. The monoisotopic (exact) mass is 396 g/mol. The van der Waals surface area contributed by atoms with Gasteiger partial charge in [-0.1, -0.05) is 42.5 Å². The van der Waals surface area contributed by atoms with Crippen molar-refractivity contribution >= 4 is 11.8 Å². The number of para-hydroxylation sites is 1. The van der Waals surface area contributed by atoms with Gasteiger partial charge in [0, 0.05) is 19.1 Å². The largest absolute Gasteiger partial charge is 0.483 e. The van der Waals surface area contributed by atoms with E-state index >= 15 is 0 Å². The molecule has 0 spiro atoms. The predicted molar refractivity (Wildman–Crippen MR) is 111 cm³/mol. The minimum Gasteiger partial charge on any atom is -0.483 e. The van der Waals surface area contributed by atoms with Crippen LogP contribution in [0.25, 0.3) is 0 Å². The number of morpholine rings is 1. The van der Waals surface area contributed by atoms with Gasteiger partial charge in [-0.15, -0.1) is 0 Å². The number of rotatable bonds is 8. The lowest BCUT2D eigenvalue weighted by Gasteiger charge is -2.26. The van der Waals surface area contributed by atoms with E-state index < -0.39 is 0 Å². The second-order valence-corrected chi connectivity index (χ2v) is 7.18. The van der Waals surface area contributed by atoms with Crippen LogP contribution >= 0.6 is 0 Å². The summed E-state index contributed by atoms with van der Waals surface area (Å²) in [7, 11) is 0. The summed E-state index contributed by atoms with van der Waals surface area (Å²) in [6, 6.07) is 17.2. The summed E-state index contributed by atoms with van der Waals surface area (Å²) in [6.07, 6.45) is 1.74. The Morgan fingerprint density at radius 2 is 1.76 bits per heavy atom. The minimum atomic E-state index is -0.194. The van der Waals surface area contributed by atoms with E-state index in [1.165, 1.54) is 5.56 Å². The maximum atomic E-state index is 12.7. The molecule has 1 heterocycles. The van der Waals surface area contributed by atoms with Crippen molar-refractivity contribution in [1.29, 1.82) is 0 Å². The molecule has 3 rings (SSSR count). The number of ether oxygens (including phenoxy) is 2. The first kappa shape index (κ1) is 20.9. The van der Waals surface area contributed by atoms with E-state index in [-0.39, 0.29) is 24.5 Å². The molecule has 1 aliphatic rings. The number of benzene rings is 2.